The maximum Gasteiger partial charge on any atom is 0.134 e. The lowest BCUT2D eigenvalue weighted by Crippen LogP contribution is -2.11. The molecule has 0 aliphatic rings. The fourth-order valence-electron chi connectivity index (χ4n) is 1.85. The number of aliphatic hydroxyl groups is 1. The Morgan fingerprint density at radius 1 is 1.00 bits per heavy atom. The molecule has 1 aromatic rings. The van der Waals surface area contributed by atoms with Crippen molar-refractivity contribution in [3.05, 3.63) is 11.4 Å². The zero-order valence-corrected chi connectivity index (χ0v) is 12.3. The molecular weight excluding hydrogens is 240 g/mol. The second-order valence-electron chi connectivity index (χ2n) is 4.56. The van der Waals surface area contributed by atoms with Gasteiger partial charge in [0.2, 0.25) is 0 Å². The lowest BCUT2D eigenvalue weighted by atomic mass is 10.2. The van der Waals surface area contributed by atoms with Crippen molar-refractivity contribution in [3.63, 3.8) is 0 Å². The van der Waals surface area contributed by atoms with E-state index < -0.39 is 0 Å². The zero-order valence-electron chi connectivity index (χ0n) is 12.3. The third kappa shape index (κ3) is 5.03. The first-order valence-corrected chi connectivity index (χ1v) is 7.19. The van der Waals surface area contributed by atoms with E-state index in [9.17, 15) is 0 Å². The Labute approximate surface area is 115 Å². The molecule has 0 bridgehead atoms. The third-order valence-electron chi connectivity index (χ3n) is 2.98. The van der Waals surface area contributed by atoms with Crippen molar-refractivity contribution in [2.75, 3.05) is 30.3 Å². The zero-order chi connectivity index (χ0) is 14.1. The molecule has 0 unspecified atom stereocenters. The fourth-order valence-corrected chi connectivity index (χ4v) is 1.85. The van der Waals surface area contributed by atoms with Crippen molar-refractivity contribution in [1.82, 2.24) is 9.97 Å². The summed E-state index contributed by atoms with van der Waals surface area (Å²) in [5.41, 5.74) is 1.07. The highest BCUT2D eigenvalue weighted by Crippen LogP contribution is 2.20. The number of nitrogens with zero attached hydrogens (tertiary/aromatic N) is 2. The van der Waals surface area contributed by atoms with Crippen molar-refractivity contribution in [2.24, 2.45) is 0 Å². The van der Waals surface area contributed by atoms with Gasteiger partial charge in [0.1, 0.15) is 17.5 Å². The van der Waals surface area contributed by atoms with Gasteiger partial charge in [0.25, 0.3) is 0 Å². The smallest absolute Gasteiger partial charge is 0.134 e. The van der Waals surface area contributed by atoms with Crippen LogP contribution in [0.2, 0.25) is 0 Å². The Kier molecular flexibility index (Phi) is 7.18. The van der Waals surface area contributed by atoms with E-state index in [1.807, 2.05) is 6.92 Å². The van der Waals surface area contributed by atoms with Crippen LogP contribution in [-0.4, -0.2) is 34.8 Å². The van der Waals surface area contributed by atoms with Crippen LogP contribution in [0.4, 0.5) is 11.6 Å². The molecule has 3 N–H and O–H groups in total. The summed E-state index contributed by atoms with van der Waals surface area (Å²) in [4.78, 5) is 9.04. The summed E-state index contributed by atoms with van der Waals surface area (Å²) in [6, 6.07) is 0. The Morgan fingerprint density at radius 3 is 2.26 bits per heavy atom. The number of unbranched alkanes of at least 4 members (excludes halogenated alkanes) is 2. The van der Waals surface area contributed by atoms with Crippen LogP contribution in [0, 0.1) is 6.92 Å². The van der Waals surface area contributed by atoms with E-state index in [1.54, 1.807) is 0 Å². The van der Waals surface area contributed by atoms with E-state index in [0.717, 1.165) is 61.8 Å². The summed E-state index contributed by atoms with van der Waals surface area (Å²) >= 11 is 0. The van der Waals surface area contributed by atoms with E-state index in [2.05, 4.69) is 34.4 Å². The number of anilines is 2. The molecular formula is C14H26N4O. The van der Waals surface area contributed by atoms with Crippen LogP contribution in [0.3, 0.4) is 0 Å². The topological polar surface area (TPSA) is 70.1 Å². The highest BCUT2D eigenvalue weighted by Gasteiger charge is 2.09. The number of hydrogen-bond acceptors (Lipinski definition) is 5. The average Bonchev–Trinajstić information content (AvgIpc) is 2.42. The lowest BCUT2D eigenvalue weighted by Gasteiger charge is -2.14. The normalized spacial score (nSPS) is 10.5. The van der Waals surface area contributed by atoms with Gasteiger partial charge in [-0.2, -0.15) is 0 Å². The number of aryl methyl sites for hydroxylation is 1. The molecule has 1 heterocycles. The standard InChI is InChI=1S/C14H26N4O/c1-4-12-17-13(15-5-2)11(3)14(18-12)16-9-7-6-8-10-19/h19H,4-10H2,1-3H3,(H2,15,16,17,18). The molecule has 0 saturated heterocycles. The minimum atomic E-state index is 0.275. The average molecular weight is 266 g/mol. The van der Waals surface area contributed by atoms with Crippen LogP contribution in [0.1, 0.15) is 44.5 Å². The van der Waals surface area contributed by atoms with E-state index in [-0.39, 0.29) is 6.61 Å². The minimum absolute atomic E-state index is 0.275. The first kappa shape index (κ1) is 15.7. The summed E-state index contributed by atoms with van der Waals surface area (Å²) in [5, 5.41) is 15.4. The Hall–Kier alpha value is -1.36. The molecule has 0 spiro atoms. The number of nitrogens with one attached hydrogen (secondary N) is 2. The molecule has 0 fully saturated rings. The van der Waals surface area contributed by atoms with Gasteiger partial charge in [-0.3, -0.25) is 0 Å². The summed E-state index contributed by atoms with van der Waals surface area (Å²) in [6.07, 6.45) is 3.78. The maximum atomic E-state index is 8.74. The van der Waals surface area contributed by atoms with E-state index in [1.165, 1.54) is 0 Å². The molecule has 0 amide bonds. The largest absolute Gasteiger partial charge is 0.396 e. The predicted molar refractivity (Wildman–Crippen MR) is 79.7 cm³/mol. The van der Waals surface area contributed by atoms with Crippen LogP contribution in [0.5, 0.6) is 0 Å². The monoisotopic (exact) mass is 266 g/mol. The van der Waals surface area contributed by atoms with Crippen molar-refractivity contribution in [2.45, 2.75) is 46.5 Å². The van der Waals surface area contributed by atoms with E-state index in [0.29, 0.717) is 0 Å². The van der Waals surface area contributed by atoms with Gasteiger partial charge in [0.05, 0.1) is 0 Å². The van der Waals surface area contributed by atoms with Gasteiger partial charge in [-0.15, -0.1) is 0 Å². The van der Waals surface area contributed by atoms with Gasteiger partial charge in [-0.1, -0.05) is 6.92 Å². The Morgan fingerprint density at radius 2 is 1.68 bits per heavy atom. The van der Waals surface area contributed by atoms with Crippen LogP contribution in [0.15, 0.2) is 0 Å². The summed E-state index contributed by atoms with van der Waals surface area (Å²) in [6.45, 7) is 8.18. The maximum absolute atomic E-state index is 8.74. The summed E-state index contributed by atoms with van der Waals surface area (Å²) < 4.78 is 0. The quantitative estimate of drug-likeness (QED) is 0.599. The lowest BCUT2D eigenvalue weighted by molar-refractivity contribution is 0.283. The first-order chi connectivity index (χ1) is 9.22. The number of rotatable bonds is 9. The fraction of sp³-hybridized carbons (Fsp3) is 0.714. The Bertz CT molecular complexity index is 382. The van der Waals surface area contributed by atoms with Gasteiger partial charge in [0, 0.05) is 31.7 Å². The van der Waals surface area contributed by atoms with Crippen LogP contribution in [-0.2, 0) is 6.42 Å². The second kappa shape index (κ2) is 8.69. The SMILES string of the molecule is CCNc1nc(CC)nc(NCCCCCO)c1C. The number of aliphatic hydroxyl groups excluding tert-OH is 1. The van der Waals surface area contributed by atoms with Crippen molar-refractivity contribution in [1.29, 1.82) is 0 Å². The van der Waals surface area contributed by atoms with Crippen molar-refractivity contribution in [3.8, 4) is 0 Å². The van der Waals surface area contributed by atoms with Gasteiger partial charge >= 0.3 is 0 Å². The molecule has 0 atom stereocenters. The van der Waals surface area contributed by atoms with Gasteiger partial charge < -0.3 is 15.7 Å². The van der Waals surface area contributed by atoms with Gasteiger partial charge in [-0.05, 0) is 33.1 Å². The second-order valence-corrected chi connectivity index (χ2v) is 4.56. The summed E-state index contributed by atoms with van der Waals surface area (Å²) in [5.74, 6) is 2.71. The molecule has 0 radical (unpaired) electrons. The molecule has 1 aromatic heterocycles. The molecule has 5 heteroatoms. The minimum Gasteiger partial charge on any atom is -0.396 e. The Balaban J connectivity index is 2.67. The molecule has 5 nitrogen and oxygen atoms in total. The van der Waals surface area contributed by atoms with Crippen LogP contribution >= 0.6 is 0 Å². The van der Waals surface area contributed by atoms with Crippen molar-refractivity contribution < 1.29 is 5.11 Å². The third-order valence-corrected chi connectivity index (χ3v) is 2.98. The van der Waals surface area contributed by atoms with E-state index in [4.69, 9.17) is 5.11 Å². The highest BCUT2D eigenvalue weighted by molar-refractivity contribution is 5.57. The first-order valence-electron chi connectivity index (χ1n) is 7.19. The molecule has 0 aliphatic carbocycles. The van der Waals surface area contributed by atoms with Crippen LogP contribution in [0.25, 0.3) is 0 Å². The molecule has 0 aromatic carbocycles. The predicted octanol–water partition coefficient (Wildman–Crippen LogP) is 2.35. The highest BCUT2D eigenvalue weighted by atomic mass is 16.2. The number of aromatic nitrogens is 2. The number of hydrogen-bond donors (Lipinski definition) is 3. The van der Waals surface area contributed by atoms with Crippen molar-refractivity contribution >= 4 is 11.6 Å². The van der Waals surface area contributed by atoms with Gasteiger partial charge in [-0.25, -0.2) is 9.97 Å². The molecule has 1 rings (SSSR count). The summed E-state index contributed by atoms with van der Waals surface area (Å²) in [7, 11) is 0. The van der Waals surface area contributed by atoms with Gasteiger partial charge in [0.15, 0.2) is 0 Å². The van der Waals surface area contributed by atoms with Crippen LogP contribution < -0.4 is 10.6 Å². The molecule has 19 heavy (non-hydrogen) atoms. The van der Waals surface area contributed by atoms with E-state index >= 15 is 0 Å². The molecule has 108 valence electrons. The molecule has 0 aliphatic heterocycles. The molecule has 0 saturated carbocycles.